The maximum atomic E-state index is 13.5. The number of ether oxygens (including phenoxy) is 2. The first kappa shape index (κ1) is 28.7. The van der Waals surface area contributed by atoms with Crippen molar-refractivity contribution in [3.8, 4) is 17.6 Å². The van der Waals surface area contributed by atoms with E-state index >= 15 is 0 Å². The minimum atomic E-state index is -0.286. The lowest BCUT2D eigenvalue weighted by Crippen LogP contribution is -2.39. The molecule has 0 bridgehead atoms. The summed E-state index contributed by atoms with van der Waals surface area (Å²) in [6.07, 6.45) is 4.46. The third-order valence-electron chi connectivity index (χ3n) is 7.47. The molecule has 8 nitrogen and oxygen atoms in total. The standard InChI is InChI=1S/C29H34N4O4S2/c1-6-32-26(31-12-9-18(2)10-13-31)21(19(3)22(17-30)27(32)34)16-25-28(35)33(29(38)39-25)14-11-20-7-8-23(36-4)24(15-20)37-5/h7-8,15-16,18H,6,9-14H2,1-5H3/b25-16+. The molecular formula is C29H34N4O4S2. The average molecular weight is 567 g/mol. The first-order chi connectivity index (χ1) is 18.7. The van der Waals surface area contributed by atoms with Crippen molar-refractivity contribution in [2.75, 3.05) is 38.8 Å². The van der Waals surface area contributed by atoms with Crippen LogP contribution in [0, 0.1) is 24.2 Å². The van der Waals surface area contributed by atoms with Crippen molar-refractivity contribution in [3.05, 3.63) is 55.7 Å². The molecule has 1 amide bonds. The topological polar surface area (TPSA) is 87.8 Å². The molecule has 2 saturated heterocycles. The largest absolute Gasteiger partial charge is 0.493 e. The van der Waals surface area contributed by atoms with Crippen LogP contribution in [0.25, 0.3) is 6.08 Å². The summed E-state index contributed by atoms with van der Waals surface area (Å²) >= 11 is 6.86. The van der Waals surface area contributed by atoms with Crippen LogP contribution in [0.15, 0.2) is 27.9 Å². The van der Waals surface area contributed by atoms with E-state index < -0.39 is 0 Å². The monoisotopic (exact) mass is 566 g/mol. The number of pyridine rings is 1. The summed E-state index contributed by atoms with van der Waals surface area (Å²) in [4.78, 5) is 31.1. The zero-order valence-electron chi connectivity index (χ0n) is 23.1. The summed E-state index contributed by atoms with van der Waals surface area (Å²) in [7, 11) is 3.18. The Balaban J connectivity index is 1.68. The zero-order chi connectivity index (χ0) is 28.3. The maximum Gasteiger partial charge on any atom is 0.270 e. The Morgan fingerprint density at radius 1 is 1.18 bits per heavy atom. The van der Waals surface area contributed by atoms with E-state index in [0.717, 1.165) is 42.9 Å². The van der Waals surface area contributed by atoms with Gasteiger partial charge in [-0.1, -0.05) is 37.0 Å². The summed E-state index contributed by atoms with van der Waals surface area (Å²) in [5.74, 6) is 2.51. The molecular weight excluding hydrogens is 532 g/mol. The van der Waals surface area contributed by atoms with Gasteiger partial charge >= 0.3 is 0 Å². The molecule has 4 rings (SSSR count). The molecule has 2 fully saturated rings. The summed E-state index contributed by atoms with van der Waals surface area (Å²) in [5, 5.41) is 9.81. The normalized spacial score (nSPS) is 17.2. The van der Waals surface area contributed by atoms with Crippen LogP contribution >= 0.6 is 24.0 Å². The van der Waals surface area contributed by atoms with E-state index in [9.17, 15) is 14.9 Å². The number of carbonyl (C=O) groups excluding carboxylic acids is 1. The van der Waals surface area contributed by atoms with Gasteiger partial charge in [-0.2, -0.15) is 5.26 Å². The number of rotatable bonds is 8. The highest BCUT2D eigenvalue weighted by Gasteiger charge is 2.33. The average Bonchev–Trinajstić information content (AvgIpc) is 3.20. The predicted octanol–water partition coefficient (Wildman–Crippen LogP) is 4.75. The molecule has 0 radical (unpaired) electrons. The molecule has 0 unspecified atom stereocenters. The lowest BCUT2D eigenvalue weighted by molar-refractivity contribution is -0.122. The molecule has 10 heteroatoms. The Kier molecular flexibility index (Phi) is 9.03. The number of anilines is 1. The second kappa shape index (κ2) is 12.3. The van der Waals surface area contributed by atoms with Crippen LogP contribution in [0.5, 0.6) is 11.5 Å². The maximum absolute atomic E-state index is 13.5. The van der Waals surface area contributed by atoms with Gasteiger partial charge in [0.2, 0.25) is 0 Å². The van der Waals surface area contributed by atoms with Crippen LogP contribution in [-0.2, 0) is 17.8 Å². The Labute approximate surface area is 239 Å². The van der Waals surface area contributed by atoms with E-state index in [-0.39, 0.29) is 17.0 Å². The minimum Gasteiger partial charge on any atom is -0.493 e. The van der Waals surface area contributed by atoms with E-state index in [0.29, 0.717) is 51.7 Å². The molecule has 3 heterocycles. The minimum absolute atomic E-state index is 0.112. The van der Waals surface area contributed by atoms with Crippen molar-refractivity contribution >= 4 is 46.1 Å². The summed E-state index contributed by atoms with van der Waals surface area (Å²) in [6.45, 7) is 8.43. The van der Waals surface area contributed by atoms with Crippen LogP contribution in [0.2, 0.25) is 0 Å². The molecule has 2 aromatic rings. The summed E-state index contributed by atoms with van der Waals surface area (Å²) in [6, 6.07) is 7.79. The van der Waals surface area contributed by atoms with E-state index in [2.05, 4.69) is 17.9 Å². The third-order valence-corrected chi connectivity index (χ3v) is 8.84. The fourth-order valence-corrected chi connectivity index (χ4v) is 6.39. The second-order valence-electron chi connectivity index (χ2n) is 9.84. The van der Waals surface area contributed by atoms with Crippen molar-refractivity contribution in [3.63, 3.8) is 0 Å². The van der Waals surface area contributed by atoms with Gasteiger partial charge in [-0.3, -0.25) is 19.1 Å². The van der Waals surface area contributed by atoms with Gasteiger partial charge in [0.25, 0.3) is 11.5 Å². The van der Waals surface area contributed by atoms with Crippen LogP contribution < -0.4 is 19.9 Å². The number of hydrogen-bond donors (Lipinski definition) is 0. The summed E-state index contributed by atoms with van der Waals surface area (Å²) < 4.78 is 12.9. The van der Waals surface area contributed by atoms with Gasteiger partial charge in [0.15, 0.2) is 11.5 Å². The highest BCUT2D eigenvalue weighted by molar-refractivity contribution is 8.26. The quantitative estimate of drug-likeness (QED) is 0.334. The highest BCUT2D eigenvalue weighted by atomic mass is 32.2. The molecule has 206 valence electrons. The molecule has 1 aromatic carbocycles. The van der Waals surface area contributed by atoms with E-state index in [1.807, 2.05) is 31.2 Å². The number of nitriles is 1. The van der Waals surface area contributed by atoms with Gasteiger partial charge in [0.05, 0.1) is 19.1 Å². The van der Waals surface area contributed by atoms with Crippen molar-refractivity contribution in [1.29, 1.82) is 5.26 Å². The Morgan fingerprint density at radius 3 is 2.49 bits per heavy atom. The van der Waals surface area contributed by atoms with Gasteiger partial charge in [-0.25, -0.2) is 0 Å². The van der Waals surface area contributed by atoms with Crippen LogP contribution in [-0.4, -0.2) is 53.5 Å². The van der Waals surface area contributed by atoms with Crippen molar-refractivity contribution in [2.24, 2.45) is 5.92 Å². The van der Waals surface area contributed by atoms with Gasteiger partial charge in [-0.15, -0.1) is 0 Å². The number of amides is 1. The molecule has 2 aliphatic heterocycles. The lowest BCUT2D eigenvalue weighted by atomic mass is 9.97. The lowest BCUT2D eigenvalue weighted by Gasteiger charge is -2.35. The second-order valence-corrected chi connectivity index (χ2v) is 11.5. The van der Waals surface area contributed by atoms with Crippen LogP contribution in [0.1, 0.15) is 48.9 Å². The molecule has 2 aliphatic rings. The van der Waals surface area contributed by atoms with Crippen molar-refractivity contribution in [2.45, 2.75) is 46.6 Å². The van der Waals surface area contributed by atoms with Gasteiger partial charge < -0.3 is 14.4 Å². The van der Waals surface area contributed by atoms with Gasteiger partial charge in [0, 0.05) is 31.7 Å². The fraction of sp³-hybridized carbons (Fsp3) is 0.448. The van der Waals surface area contributed by atoms with E-state index in [4.69, 9.17) is 21.7 Å². The van der Waals surface area contributed by atoms with Crippen molar-refractivity contribution < 1.29 is 14.3 Å². The molecule has 0 saturated carbocycles. The molecule has 1 aromatic heterocycles. The molecule has 39 heavy (non-hydrogen) atoms. The van der Waals surface area contributed by atoms with Gasteiger partial charge in [0.1, 0.15) is 21.8 Å². The zero-order valence-corrected chi connectivity index (χ0v) is 24.7. The number of aromatic nitrogens is 1. The molecule has 0 atom stereocenters. The molecule has 0 aliphatic carbocycles. The molecule has 0 N–H and O–H groups in total. The Bertz CT molecular complexity index is 1420. The Hall–Kier alpha value is -3.29. The first-order valence-corrected chi connectivity index (χ1v) is 14.3. The predicted molar refractivity (Wildman–Crippen MR) is 160 cm³/mol. The third kappa shape index (κ3) is 5.70. The van der Waals surface area contributed by atoms with Crippen molar-refractivity contribution in [1.82, 2.24) is 9.47 Å². The number of hydrogen-bond acceptors (Lipinski definition) is 8. The van der Waals surface area contributed by atoms with Gasteiger partial charge in [-0.05, 0) is 68.4 Å². The number of carbonyl (C=O) groups is 1. The highest BCUT2D eigenvalue weighted by Crippen LogP contribution is 2.37. The smallest absolute Gasteiger partial charge is 0.270 e. The number of methoxy groups -OCH3 is 2. The number of thiocarbonyl (C=S) groups is 1. The fourth-order valence-electron chi connectivity index (χ4n) is 5.10. The first-order valence-electron chi connectivity index (χ1n) is 13.1. The number of nitrogens with zero attached hydrogens (tertiary/aromatic N) is 4. The number of thioether (sulfide) groups is 1. The van der Waals surface area contributed by atoms with E-state index in [1.54, 1.807) is 30.6 Å². The van der Waals surface area contributed by atoms with E-state index in [1.165, 1.54) is 11.8 Å². The number of benzene rings is 1. The Morgan fingerprint density at radius 2 is 1.87 bits per heavy atom. The SMILES string of the molecule is CCn1c(N2CCC(C)CC2)c(/C=C2/SC(=S)N(CCc3ccc(OC)c(OC)c3)C2=O)c(C)c(C#N)c1=O. The summed E-state index contributed by atoms with van der Waals surface area (Å²) in [5.41, 5.74) is 2.16. The van der Waals surface area contributed by atoms with Crippen LogP contribution in [0.3, 0.4) is 0 Å². The number of piperidine rings is 1. The van der Waals surface area contributed by atoms with Crippen LogP contribution in [0.4, 0.5) is 5.82 Å². The molecule has 0 spiro atoms.